The number of nitrogens with one attached hydrogen (secondary N) is 1. The fourth-order valence-corrected chi connectivity index (χ4v) is 2.78. The van der Waals surface area contributed by atoms with E-state index in [4.69, 9.17) is 9.47 Å². The molecule has 1 N–H and O–H groups in total. The van der Waals surface area contributed by atoms with Gasteiger partial charge in [0, 0.05) is 31.4 Å². The van der Waals surface area contributed by atoms with Crippen LogP contribution in [0.4, 0.5) is 16.2 Å². The Kier molecular flexibility index (Phi) is 4.66. The Morgan fingerprint density at radius 2 is 2.04 bits per heavy atom. The van der Waals surface area contributed by atoms with Gasteiger partial charge in [0.2, 0.25) is 5.91 Å². The van der Waals surface area contributed by atoms with Crippen molar-refractivity contribution >= 4 is 23.4 Å². The standard InChI is InChI=1S/C16H21N3O4/c1-12(20)17-10-15-11-19(16(21)23-15)14-4-2-3-13(9-14)18-5-7-22-8-6-18/h2-4,9,15H,5-8,10-11H2,1H3,(H,17,20). The molecule has 2 fully saturated rings. The van der Waals surface area contributed by atoms with Gasteiger partial charge in [-0.2, -0.15) is 0 Å². The number of ether oxygens (including phenoxy) is 2. The van der Waals surface area contributed by atoms with Gasteiger partial charge in [-0.05, 0) is 18.2 Å². The highest BCUT2D eigenvalue weighted by molar-refractivity contribution is 5.90. The summed E-state index contributed by atoms with van der Waals surface area (Å²) < 4.78 is 10.7. The van der Waals surface area contributed by atoms with Gasteiger partial charge in [0.1, 0.15) is 6.10 Å². The lowest BCUT2D eigenvalue weighted by Crippen LogP contribution is -2.36. The number of nitrogens with zero attached hydrogens (tertiary/aromatic N) is 2. The van der Waals surface area contributed by atoms with E-state index in [2.05, 4.69) is 10.2 Å². The number of hydrogen-bond acceptors (Lipinski definition) is 5. The summed E-state index contributed by atoms with van der Waals surface area (Å²) in [6.45, 7) is 5.34. The van der Waals surface area contributed by atoms with Crippen LogP contribution >= 0.6 is 0 Å². The summed E-state index contributed by atoms with van der Waals surface area (Å²) in [6, 6.07) is 7.86. The second-order valence-corrected chi connectivity index (χ2v) is 5.67. The van der Waals surface area contributed by atoms with Crippen molar-refractivity contribution in [1.29, 1.82) is 0 Å². The van der Waals surface area contributed by atoms with E-state index in [9.17, 15) is 9.59 Å². The average Bonchev–Trinajstić information content (AvgIpc) is 2.95. The summed E-state index contributed by atoms with van der Waals surface area (Å²) in [4.78, 5) is 26.9. The van der Waals surface area contributed by atoms with Crippen LogP contribution < -0.4 is 15.1 Å². The molecule has 2 heterocycles. The minimum Gasteiger partial charge on any atom is -0.442 e. The lowest BCUT2D eigenvalue weighted by Gasteiger charge is -2.29. The summed E-state index contributed by atoms with van der Waals surface area (Å²) in [7, 11) is 0. The Balaban J connectivity index is 1.69. The number of cyclic esters (lactones) is 1. The molecule has 0 aliphatic carbocycles. The number of rotatable bonds is 4. The van der Waals surface area contributed by atoms with Crippen LogP contribution in [0.2, 0.25) is 0 Å². The smallest absolute Gasteiger partial charge is 0.414 e. The monoisotopic (exact) mass is 319 g/mol. The fourth-order valence-electron chi connectivity index (χ4n) is 2.78. The lowest BCUT2D eigenvalue weighted by atomic mass is 10.2. The maximum atomic E-state index is 12.1. The van der Waals surface area contributed by atoms with Crippen LogP contribution in [0.3, 0.4) is 0 Å². The van der Waals surface area contributed by atoms with Crippen molar-refractivity contribution in [3.05, 3.63) is 24.3 Å². The van der Waals surface area contributed by atoms with Gasteiger partial charge in [-0.3, -0.25) is 9.69 Å². The van der Waals surface area contributed by atoms with Gasteiger partial charge in [-0.1, -0.05) is 6.07 Å². The maximum Gasteiger partial charge on any atom is 0.414 e. The second kappa shape index (κ2) is 6.87. The third-order valence-electron chi connectivity index (χ3n) is 3.97. The summed E-state index contributed by atoms with van der Waals surface area (Å²) >= 11 is 0. The van der Waals surface area contributed by atoms with Gasteiger partial charge in [0.25, 0.3) is 0 Å². The van der Waals surface area contributed by atoms with Crippen LogP contribution in [-0.2, 0) is 14.3 Å². The number of hydrogen-bond donors (Lipinski definition) is 1. The molecule has 1 atom stereocenters. The zero-order valence-corrected chi connectivity index (χ0v) is 13.2. The van der Waals surface area contributed by atoms with Gasteiger partial charge in [-0.15, -0.1) is 0 Å². The van der Waals surface area contributed by atoms with Crippen LogP contribution in [0.1, 0.15) is 6.92 Å². The molecule has 1 aromatic rings. The van der Waals surface area contributed by atoms with Crippen molar-refractivity contribution in [3.8, 4) is 0 Å². The molecule has 2 amide bonds. The predicted molar refractivity (Wildman–Crippen MR) is 85.8 cm³/mol. The van der Waals surface area contributed by atoms with Gasteiger partial charge in [-0.25, -0.2) is 4.79 Å². The van der Waals surface area contributed by atoms with Crippen LogP contribution in [0.5, 0.6) is 0 Å². The van der Waals surface area contributed by atoms with Crippen molar-refractivity contribution in [2.24, 2.45) is 0 Å². The first-order chi connectivity index (χ1) is 11.1. The second-order valence-electron chi connectivity index (χ2n) is 5.67. The fraction of sp³-hybridized carbons (Fsp3) is 0.500. The minimum absolute atomic E-state index is 0.131. The van der Waals surface area contributed by atoms with Crippen molar-refractivity contribution in [2.45, 2.75) is 13.0 Å². The first kappa shape index (κ1) is 15.6. The SMILES string of the molecule is CC(=O)NCC1CN(c2cccc(N3CCOCC3)c2)C(=O)O1. The number of carbonyl (C=O) groups excluding carboxylic acids is 2. The third-order valence-corrected chi connectivity index (χ3v) is 3.97. The van der Waals surface area contributed by atoms with Gasteiger partial charge < -0.3 is 19.7 Å². The zero-order valence-electron chi connectivity index (χ0n) is 13.2. The number of carbonyl (C=O) groups is 2. The lowest BCUT2D eigenvalue weighted by molar-refractivity contribution is -0.119. The molecule has 0 bridgehead atoms. The Hall–Kier alpha value is -2.28. The number of amides is 2. The van der Waals surface area contributed by atoms with E-state index in [1.54, 1.807) is 4.90 Å². The van der Waals surface area contributed by atoms with Gasteiger partial charge >= 0.3 is 6.09 Å². The minimum atomic E-state index is -0.375. The molecular formula is C16H21N3O4. The quantitative estimate of drug-likeness (QED) is 0.896. The predicted octanol–water partition coefficient (Wildman–Crippen LogP) is 0.984. The first-order valence-electron chi connectivity index (χ1n) is 7.79. The summed E-state index contributed by atoms with van der Waals surface area (Å²) in [5.41, 5.74) is 1.88. The molecule has 23 heavy (non-hydrogen) atoms. The molecule has 0 saturated carbocycles. The van der Waals surface area contributed by atoms with E-state index in [0.717, 1.165) is 37.7 Å². The molecule has 3 rings (SSSR count). The zero-order chi connectivity index (χ0) is 16.2. The molecule has 7 nitrogen and oxygen atoms in total. The number of benzene rings is 1. The molecule has 2 saturated heterocycles. The Morgan fingerprint density at radius 1 is 1.30 bits per heavy atom. The Morgan fingerprint density at radius 3 is 2.78 bits per heavy atom. The molecule has 0 spiro atoms. The summed E-state index contributed by atoms with van der Waals surface area (Å²) in [5.74, 6) is -0.131. The summed E-state index contributed by atoms with van der Waals surface area (Å²) in [5, 5.41) is 2.68. The largest absolute Gasteiger partial charge is 0.442 e. The van der Waals surface area contributed by atoms with Crippen LogP contribution in [0.15, 0.2) is 24.3 Å². The third kappa shape index (κ3) is 3.73. The van der Waals surface area contributed by atoms with Crippen molar-refractivity contribution in [2.75, 3.05) is 49.2 Å². The van der Waals surface area contributed by atoms with E-state index < -0.39 is 0 Å². The van der Waals surface area contributed by atoms with E-state index >= 15 is 0 Å². The topological polar surface area (TPSA) is 71.1 Å². The highest BCUT2D eigenvalue weighted by Crippen LogP contribution is 2.26. The Bertz CT molecular complexity index is 586. The molecule has 124 valence electrons. The van der Waals surface area contributed by atoms with Gasteiger partial charge in [0.05, 0.1) is 26.3 Å². The van der Waals surface area contributed by atoms with E-state index in [1.165, 1.54) is 6.92 Å². The van der Waals surface area contributed by atoms with E-state index in [0.29, 0.717) is 13.1 Å². The van der Waals surface area contributed by atoms with E-state index in [1.807, 2.05) is 24.3 Å². The molecule has 1 unspecified atom stereocenters. The molecule has 0 aromatic heterocycles. The number of morpholine rings is 1. The number of anilines is 2. The normalized spacial score (nSPS) is 21.3. The van der Waals surface area contributed by atoms with Crippen LogP contribution in [-0.4, -0.2) is 57.5 Å². The average molecular weight is 319 g/mol. The van der Waals surface area contributed by atoms with Crippen molar-refractivity contribution in [1.82, 2.24) is 5.32 Å². The molecule has 2 aliphatic heterocycles. The molecule has 1 aromatic carbocycles. The van der Waals surface area contributed by atoms with Crippen molar-refractivity contribution in [3.63, 3.8) is 0 Å². The molecule has 2 aliphatic rings. The molecule has 7 heteroatoms. The molecule has 0 radical (unpaired) electrons. The van der Waals surface area contributed by atoms with Crippen LogP contribution in [0.25, 0.3) is 0 Å². The highest BCUT2D eigenvalue weighted by atomic mass is 16.6. The van der Waals surface area contributed by atoms with Crippen molar-refractivity contribution < 1.29 is 19.1 Å². The van der Waals surface area contributed by atoms with Crippen LogP contribution in [0, 0.1) is 0 Å². The maximum absolute atomic E-state index is 12.1. The highest BCUT2D eigenvalue weighted by Gasteiger charge is 2.32. The molecular weight excluding hydrogens is 298 g/mol. The van der Waals surface area contributed by atoms with E-state index in [-0.39, 0.29) is 18.1 Å². The summed E-state index contributed by atoms with van der Waals surface area (Å²) in [6.07, 6.45) is -0.696. The van der Waals surface area contributed by atoms with Gasteiger partial charge in [0.15, 0.2) is 0 Å². The Labute approximate surface area is 135 Å². The first-order valence-corrected chi connectivity index (χ1v) is 7.79.